The molecule has 0 saturated carbocycles. The SMILES string of the molecule is CCCNCCN(C)C1CCSC1. The maximum absolute atomic E-state index is 3.44. The molecule has 13 heavy (non-hydrogen) atoms. The first-order valence-electron chi connectivity index (χ1n) is 5.33. The third kappa shape index (κ3) is 4.34. The smallest absolute Gasteiger partial charge is 0.0191 e. The molecule has 0 bridgehead atoms. The van der Waals surface area contributed by atoms with E-state index in [-0.39, 0.29) is 0 Å². The molecule has 1 heterocycles. The fraction of sp³-hybridized carbons (Fsp3) is 1.00. The largest absolute Gasteiger partial charge is 0.315 e. The summed E-state index contributed by atoms with van der Waals surface area (Å²) < 4.78 is 0. The maximum Gasteiger partial charge on any atom is 0.0191 e. The lowest BCUT2D eigenvalue weighted by Gasteiger charge is -2.23. The molecule has 1 N–H and O–H groups in total. The molecule has 1 atom stereocenters. The van der Waals surface area contributed by atoms with E-state index in [1.54, 1.807) is 0 Å². The van der Waals surface area contributed by atoms with Crippen LogP contribution in [-0.2, 0) is 0 Å². The summed E-state index contributed by atoms with van der Waals surface area (Å²) in [7, 11) is 2.25. The number of likely N-dealkylation sites (N-methyl/N-ethyl adjacent to an activating group) is 1. The molecule has 1 aliphatic rings. The van der Waals surface area contributed by atoms with Gasteiger partial charge in [0.05, 0.1) is 0 Å². The highest BCUT2D eigenvalue weighted by Crippen LogP contribution is 2.20. The van der Waals surface area contributed by atoms with Crippen LogP contribution in [0.5, 0.6) is 0 Å². The number of thioether (sulfide) groups is 1. The summed E-state index contributed by atoms with van der Waals surface area (Å²) in [5.41, 5.74) is 0. The van der Waals surface area contributed by atoms with E-state index in [1.807, 2.05) is 0 Å². The second-order valence-electron chi connectivity index (χ2n) is 3.75. The van der Waals surface area contributed by atoms with Crippen molar-refractivity contribution < 1.29 is 0 Å². The first-order valence-corrected chi connectivity index (χ1v) is 6.48. The zero-order chi connectivity index (χ0) is 9.52. The summed E-state index contributed by atoms with van der Waals surface area (Å²) in [6.45, 7) is 5.72. The van der Waals surface area contributed by atoms with Crippen LogP contribution in [0.3, 0.4) is 0 Å². The third-order valence-electron chi connectivity index (χ3n) is 2.60. The zero-order valence-electron chi connectivity index (χ0n) is 8.88. The Labute approximate surface area is 86.5 Å². The number of nitrogens with one attached hydrogen (secondary N) is 1. The molecule has 0 spiro atoms. The standard InChI is InChI=1S/C10H22N2S/c1-3-5-11-6-7-12(2)10-4-8-13-9-10/h10-11H,3-9H2,1-2H3. The zero-order valence-corrected chi connectivity index (χ0v) is 9.70. The quantitative estimate of drug-likeness (QED) is 0.656. The first kappa shape index (κ1) is 11.3. The van der Waals surface area contributed by atoms with Crippen molar-refractivity contribution >= 4 is 11.8 Å². The molecule has 0 aromatic heterocycles. The van der Waals surface area contributed by atoms with Gasteiger partial charge in [0.15, 0.2) is 0 Å². The Kier molecular flexibility index (Phi) is 5.83. The molecular formula is C10H22N2S. The molecule has 0 aromatic rings. The number of hydrogen-bond acceptors (Lipinski definition) is 3. The Morgan fingerprint density at radius 3 is 2.92 bits per heavy atom. The van der Waals surface area contributed by atoms with E-state index in [0.29, 0.717) is 0 Å². The second-order valence-corrected chi connectivity index (χ2v) is 4.90. The summed E-state index contributed by atoms with van der Waals surface area (Å²) in [5.74, 6) is 2.70. The van der Waals surface area contributed by atoms with E-state index in [9.17, 15) is 0 Å². The van der Waals surface area contributed by atoms with Gasteiger partial charge >= 0.3 is 0 Å². The van der Waals surface area contributed by atoms with Crippen LogP contribution in [0.4, 0.5) is 0 Å². The van der Waals surface area contributed by atoms with Gasteiger partial charge in [0.25, 0.3) is 0 Å². The van der Waals surface area contributed by atoms with Crippen molar-refractivity contribution in [1.82, 2.24) is 10.2 Å². The van der Waals surface area contributed by atoms with Crippen LogP contribution in [-0.4, -0.2) is 49.1 Å². The van der Waals surface area contributed by atoms with E-state index < -0.39 is 0 Å². The molecule has 0 aliphatic carbocycles. The molecule has 1 rings (SSSR count). The van der Waals surface area contributed by atoms with E-state index in [1.165, 1.54) is 30.9 Å². The highest BCUT2D eigenvalue weighted by molar-refractivity contribution is 7.99. The van der Waals surface area contributed by atoms with Crippen molar-refractivity contribution in [3.05, 3.63) is 0 Å². The van der Waals surface area contributed by atoms with E-state index >= 15 is 0 Å². The van der Waals surface area contributed by atoms with E-state index in [4.69, 9.17) is 0 Å². The molecule has 1 saturated heterocycles. The highest BCUT2D eigenvalue weighted by Gasteiger charge is 2.18. The minimum Gasteiger partial charge on any atom is -0.315 e. The summed E-state index contributed by atoms with van der Waals surface area (Å²) in [6, 6.07) is 0.841. The molecule has 0 radical (unpaired) electrons. The Morgan fingerprint density at radius 1 is 1.46 bits per heavy atom. The summed E-state index contributed by atoms with van der Waals surface area (Å²) >= 11 is 2.09. The maximum atomic E-state index is 3.44. The number of nitrogens with zero attached hydrogens (tertiary/aromatic N) is 1. The van der Waals surface area contributed by atoms with E-state index in [2.05, 4.69) is 35.9 Å². The molecule has 0 aromatic carbocycles. The van der Waals surface area contributed by atoms with Gasteiger partial charge in [0.1, 0.15) is 0 Å². The van der Waals surface area contributed by atoms with Gasteiger partial charge in [-0.15, -0.1) is 0 Å². The van der Waals surface area contributed by atoms with Gasteiger partial charge in [-0.2, -0.15) is 11.8 Å². The predicted molar refractivity (Wildman–Crippen MR) is 61.5 cm³/mol. The monoisotopic (exact) mass is 202 g/mol. The number of rotatable bonds is 6. The van der Waals surface area contributed by atoms with Gasteiger partial charge in [-0.05, 0) is 32.2 Å². The lowest BCUT2D eigenvalue weighted by molar-refractivity contribution is 0.262. The van der Waals surface area contributed by atoms with Crippen LogP contribution >= 0.6 is 11.8 Å². The summed E-state index contributed by atoms with van der Waals surface area (Å²) in [5, 5.41) is 3.44. The molecule has 1 fully saturated rings. The highest BCUT2D eigenvalue weighted by atomic mass is 32.2. The van der Waals surface area contributed by atoms with Gasteiger partial charge in [0.2, 0.25) is 0 Å². The Balaban J connectivity index is 1.99. The first-order chi connectivity index (χ1) is 6.34. The molecular weight excluding hydrogens is 180 g/mol. The second kappa shape index (κ2) is 6.68. The van der Waals surface area contributed by atoms with Crippen LogP contribution in [0.25, 0.3) is 0 Å². The summed E-state index contributed by atoms with van der Waals surface area (Å²) in [4.78, 5) is 2.50. The molecule has 1 unspecified atom stereocenters. The molecule has 78 valence electrons. The normalized spacial score (nSPS) is 22.8. The van der Waals surface area contributed by atoms with E-state index in [0.717, 1.165) is 19.1 Å². The van der Waals surface area contributed by atoms with Gasteiger partial charge < -0.3 is 10.2 Å². The Bertz CT molecular complexity index is 124. The van der Waals surface area contributed by atoms with Crippen molar-refractivity contribution in [2.75, 3.05) is 38.2 Å². The third-order valence-corrected chi connectivity index (χ3v) is 3.74. The Morgan fingerprint density at radius 2 is 2.31 bits per heavy atom. The van der Waals surface area contributed by atoms with Crippen LogP contribution < -0.4 is 5.32 Å². The van der Waals surface area contributed by atoms with Gasteiger partial charge in [-0.3, -0.25) is 0 Å². The lowest BCUT2D eigenvalue weighted by atomic mass is 10.2. The molecule has 1 aliphatic heterocycles. The van der Waals surface area contributed by atoms with Crippen LogP contribution in [0, 0.1) is 0 Å². The van der Waals surface area contributed by atoms with Crippen LogP contribution in [0.2, 0.25) is 0 Å². The van der Waals surface area contributed by atoms with Crippen molar-refractivity contribution in [3.8, 4) is 0 Å². The predicted octanol–water partition coefficient (Wildman–Crippen LogP) is 1.42. The topological polar surface area (TPSA) is 15.3 Å². The van der Waals surface area contributed by atoms with Crippen molar-refractivity contribution in [3.63, 3.8) is 0 Å². The molecule has 2 nitrogen and oxygen atoms in total. The van der Waals surface area contributed by atoms with Gasteiger partial charge in [-0.25, -0.2) is 0 Å². The van der Waals surface area contributed by atoms with Crippen LogP contribution in [0.15, 0.2) is 0 Å². The molecule has 3 heteroatoms. The fourth-order valence-corrected chi connectivity index (χ4v) is 2.91. The lowest BCUT2D eigenvalue weighted by Crippen LogP contribution is -2.37. The minimum absolute atomic E-state index is 0.841. The van der Waals surface area contributed by atoms with Crippen LogP contribution in [0.1, 0.15) is 19.8 Å². The summed E-state index contributed by atoms with van der Waals surface area (Å²) in [6.07, 6.45) is 2.62. The molecule has 0 amide bonds. The Hall–Kier alpha value is 0.270. The average molecular weight is 202 g/mol. The van der Waals surface area contributed by atoms with Gasteiger partial charge in [-0.1, -0.05) is 6.92 Å². The van der Waals surface area contributed by atoms with Gasteiger partial charge in [0, 0.05) is 24.9 Å². The van der Waals surface area contributed by atoms with Crippen molar-refractivity contribution in [1.29, 1.82) is 0 Å². The average Bonchev–Trinajstić information content (AvgIpc) is 2.65. The number of hydrogen-bond donors (Lipinski definition) is 1. The van der Waals surface area contributed by atoms with Crippen molar-refractivity contribution in [2.24, 2.45) is 0 Å². The minimum atomic E-state index is 0.841. The fourth-order valence-electron chi connectivity index (χ4n) is 1.61. The van der Waals surface area contributed by atoms with Crippen molar-refractivity contribution in [2.45, 2.75) is 25.8 Å².